The van der Waals surface area contributed by atoms with Gasteiger partial charge in [0.05, 0.1) is 29.5 Å². The first-order valence-electron chi connectivity index (χ1n) is 11.0. The van der Waals surface area contributed by atoms with Gasteiger partial charge in [-0.05, 0) is 36.4 Å². The van der Waals surface area contributed by atoms with Crippen molar-refractivity contribution in [2.24, 2.45) is 5.10 Å². The zero-order valence-electron chi connectivity index (χ0n) is 19.8. The van der Waals surface area contributed by atoms with Crippen LogP contribution in [0.2, 0.25) is 5.15 Å². The van der Waals surface area contributed by atoms with Crippen LogP contribution in [0.5, 0.6) is 5.75 Å². The Balaban J connectivity index is 1.58. The summed E-state index contributed by atoms with van der Waals surface area (Å²) in [7, 11) is -2.96. The minimum Gasteiger partial charge on any atom is -0.497 e. The second-order valence-corrected chi connectivity index (χ2v) is 9.98. The molecule has 0 aliphatic heterocycles. The third-order valence-corrected chi connectivity index (χ3v) is 7.48. The number of nitrogens with one attached hydrogen (secondary N) is 1. The number of fused-ring (bicyclic) bond motifs is 1. The number of nitrogens with zero attached hydrogens (tertiary/aromatic N) is 4. The Morgan fingerprint density at radius 2 is 1.84 bits per heavy atom. The summed E-state index contributed by atoms with van der Waals surface area (Å²) in [5, 5.41) is 16.2. The van der Waals surface area contributed by atoms with Gasteiger partial charge >= 0.3 is 0 Å². The van der Waals surface area contributed by atoms with Crippen molar-refractivity contribution >= 4 is 56.0 Å². The summed E-state index contributed by atoms with van der Waals surface area (Å²) in [5.41, 5.74) is 2.82. The summed E-state index contributed by atoms with van der Waals surface area (Å²) < 4.78 is 32.9. The molecule has 0 saturated heterocycles. The van der Waals surface area contributed by atoms with Crippen LogP contribution in [0.15, 0.2) is 88.9 Å². The van der Waals surface area contributed by atoms with Gasteiger partial charge in [-0.15, -0.1) is 0 Å². The Labute approximate surface area is 222 Å². The predicted molar refractivity (Wildman–Crippen MR) is 143 cm³/mol. The highest BCUT2D eigenvalue weighted by atomic mass is 35.5. The van der Waals surface area contributed by atoms with Crippen LogP contribution in [-0.2, 0) is 14.8 Å². The number of nitro benzene ring substituents is 1. The number of aromatic nitrogens is 1. The van der Waals surface area contributed by atoms with Gasteiger partial charge in [0, 0.05) is 23.1 Å². The first-order chi connectivity index (χ1) is 18.2. The number of hydrogen-bond acceptors (Lipinski definition) is 8. The van der Waals surface area contributed by atoms with Crippen molar-refractivity contribution in [1.29, 1.82) is 0 Å². The van der Waals surface area contributed by atoms with Crippen molar-refractivity contribution in [1.82, 2.24) is 10.4 Å². The number of benzene rings is 3. The number of anilines is 1. The Morgan fingerprint density at radius 3 is 2.55 bits per heavy atom. The number of para-hydroxylation sites is 2. The minimum absolute atomic E-state index is 0.133. The zero-order chi connectivity index (χ0) is 27.3. The second-order valence-electron chi connectivity index (χ2n) is 7.79. The van der Waals surface area contributed by atoms with Gasteiger partial charge in [0.1, 0.15) is 17.4 Å². The molecule has 1 aromatic heterocycles. The molecule has 0 radical (unpaired) electrons. The van der Waals surface area contributed by atoms with Crippen molar-refractivity contribution in [3.63, 3.8) is 0 Å². The summed E-state index contributed by atoms with van der Waals surface area (Å²) in [4.78, 5) is 27.2. The molecule has 0 bridgehead atoms. The highest BCUT2D eigenvalue weighted by molar-refractivity contribution is 7.93. The van der Waals surface area contributed by atoms with Gasteiger partial charge < -0.3 is 4.74 Å². The van der Waals surface area contributed by atoms with E-state index in [1.54, 1.807) is 42.5 Å². The monoisotopic (exact) mass is 553 g/mol. The zero-order valence-corrected chi connectivity index (χ0v) is 21.4. The molecule has 0 unspecified atom stereocenters. The van der Waals surface area contributed by atoms with E-state index in [-0.39, 0.29) is 10.8 Å². The number of sulfonamides is 1. The number of halogens is 1. The van der Waals surface area contributed by atoms with Crippen LogP contribution in [0, 0.1) is 10.1 Å². The molecular weight excluding hydrogens is 534 g/mol. The maximum absolute atomic E-state index is 13.5. The Bertz CT molecular complexity index is 1650. The third kappa shape index (κ3) is 5.71. The minimum atomic E-state index is -4.50. The Hall–Kier alpha value is -4.55. The van der Waals surface area contributed by atoms with E-state index < -0.39 is 38.0 Å². The lowest BCUT2D eigenvalue weighted by molar-refractivity contribution is -0.387. The molecule has 11 nitrogen and oxygen atoms in total. The van der Waals surface area contributed by atoms with Crippen molar-refractivity contribution in [3.05, 3.63) is 99.7 Å². The topological polar surface area (TPSA) is 144 Å². The molecule has 38 heavy (non-hydrogen) atoms. The summed E-state index contributed by atoms with van der Waals surface area (Å²) >= 11 is 6.25. The van der Waals surface area contributed by atoms with Crippen LogP contribution in [0.1, 0.15) is 5.56 Å². The third-order valence-electron chi connectivity index (χ3n) is 5.36. The number of hydrazone groups is 1. The fraction of sp³-hybridized carbons (Fsp3) is 0.0800. The second kappa shape index (κ2) is 11.2. The molecule has 0 atom stereocenters. The van der Waals surface area contributed by atoms with E-state index in [9.17, 15) is 23.3 Å². The molecule has 4 rings (SSSR count). The smallest absolute Gasteiger partial charge is 0.289 e. The number of nitro groups is 1. The van der Waals surface area contributed by atoms with Crippen molar-refractivity contribution < 1.29 is 22.9 Å². The lowest BCUT2D eigenvalue weighted by atomic mass is 10.1. The SMILES string of the molecule is COc1ccc2cc(/C=N\NC(=O)CN(c3ccccc3)S(=O)(=O)c3ccccc3[N+](=O)[O-])c(Cl)nc2c1. The first-order valence-corrected chi connectivity index (χ1v) is 12.8. The van der Waals surface area contributed by atoms with E-state index in [1.165, 1.54) is 37.6 Å². The quantitative estimate of drug-likeness (QED) is 0.142. The van der Waals surface area contributed by atoms with E-state index in [2.05, 4.69) is 15.5 Å². The number of pyridine rings is 1. The first kappa shape index (κ1) is 26.5. The summed E-state index contributed by atoms with van der Waals surface area (Å²) in [6.07, 6.45) is 1.28. The number of amides is 1. The van der Waals surface area contributed by atoms with Gasteiger partial charge in [0.25, 0.3) is 21.6 Å². The van der Waals surface area contributed by atoms with Crippen LogP contribution in [0.3, 0.4) is 0 Å². The van der Waals surface area contributed by atoms with E-state index in [1.807, 2.05) is 0 Å². The number of rotatable bonds is 9. The molecule has 0 saturated carbocycles. The fourth-order valence-electron chi connectivity index (χ4n) is 3.55. The van der Waals surface area contributed by atoms with Gasteiger partial charge in [0.2, 0.25) is 0 Å². The van der Waals surface area contributed by atoms with E-state index in [0.717, 1.165) is 21.8 Å². The highest BCUT2D eigenvalue weighted by Gasteiger charge is 2.33. The number of methoxy groups -OCH3 is 1. The van der Waals surface area contributed by atoms with E-state index >= 15 is 0 Å². The van der Waals surface area contributed by atoms with Gasteiger partial charge in [-0.3, -0.25) is 19.2 Å². The van der Waals surface area contributed by atoms with Crippen molar-refractivity contribution in [2.45, 2.75) is 4.90 Å². The van der Waals surface area contributed by atoms with Crippen LogP contribution >= 0.6 is 11.6 Å². The average Bonchev–Trinajstić information content (AvgIpc) is 2.92. The van der Waals surface area contributed by atoms with Crippen LogP contribution in [-0.4, -0.2) is 44.1 Å². The lowest BCUT2D eigenvalue weighted by Crippen LogP contribution is -2.39. The molecule has 0 spiro atoms. The Kier molecular flexibility index (Phi) is 7.84. The molecule has 194 valence electrons. The van der Waals surface area contributed by atoms with E-state index in [0.29, 0.717) is 16.8 Å². The molecule has 3 aromatic carbocycles. The molecule has 0 fully saturated rings. The maximum Gasteiger partial charge on any atom is 0.289 e. The standard InChI is InChI=1S/C25H20ClN5O6S/c1-37-20-12-11-17-13-18(25(26)28-21(17)14-20)15-27-29-24(32)16-30(19-7-3-2-4-8-19)38(35,36)23-10-6-5-9-22(23)31(33)34/h2-15H,16H2,1H3,(H,29,32)/b27-15-. The maximum atomic E-state index is 13.5. The van der Waals surface area contributed by atoms with Gasteiger partial charge in [-0.25, -0.2) is 18.8 Å². The van der Waals surface area contributed by atoms with Crippen molar-refractivity contribution in [3.8, 4) is 5.75 Å². The molecular formula is C25H20ClN5O6S. The summed E-state index contributed by atoms with van der Waals surface area (Å²) in [6.45, 7) is -0.695. The predicted octanol–water partition coefficient (Wildman–Crippen LogP) is 4.15. The number of hydrogen-bond donors (Lipinski definition) is 1. The molecule has 0 aliphatic rings. The summed E-state index contributed by atoms with van der Waals surface area (Å²) in [5.74, 6) is -0.171. The van der Waals surface area contributed by atoms with Crippen LogP contribution in [0.25, 0.3) is 10.9 Å². The van der Waals surface area contributed by atoms with Gasteiger partial charge in [-0.1, -0.05) is 41.9 Å². The van der Waals surface area contributed by atoms with E-state index in [4.69, 9.17) is 16.3 Å². The number of ether oxygens (including phenoxy) is 1. The van der Waals surface area contributed by atoms with Crippen LogP contribution < -0.4 is 14.5 Å². The lowest BCUT2D eigenvalue weighted by Gasteiger charge is -2.23. The van der Waals surface area contributed by atoms with Crippen LogP contribution in [0.4, 0.5) is 11.4 Å². The highest BCUT2D eigenvalue weighted by Crippen LogP contribution is 2.29. The number of carbonyl (C=O) groups excluding carboxylic acids is 1. The molecule has 1 amide bonds. The molecule has 1 heterocycles. The normalized spacial score (nSPS) is 11.4. The fourth-order valence-corrected chi connectivity index (χ4v) is 5.33. The molecule has 0 aliphatic carbocycles. The van der Waals surface area contributed by atoms with Gasteiger partial charge in [0.15, 0.2) is 4.90 Å². The molecule has 13 heteroatoms. The van der Waals surface area contributed by atoms with Gasteiger partial charge in [-0.2, -0.15) is 5.10 Å². The van der Waals surface area contributed by atoms with Crippen molar-refractivity contribution in [2.75, 3.05) is 18.0 Å². The molecule has 1 N–H and O–H groups in total. The largest absolute Gasteiger partial charge is 0.497 e. The summed E-state index contributed by atoms with van der Waals surface area (Å²) in [6, 6.07) is 19.7. The molecule has 4 aromatic rings. The Morgan fingerprint density at radius 1 is 1.13 bits per heavy atom. The number of carbonyl (C=O) groups is 1. The average molecular weight is 554 g/mol.